The molecule has 130 valence electrons. The van der Waals surface area contributed by atoms with Gasteiger partial charge in [0.1, 0.15) is 0 Å². The van der Waals surface area contributed by atoms with Gasteiger partial charge >= 0.3 is 0 Å². The molecule has 3 aliphatic rings. The van der Waals surface area contributed by atoms with Crippen molar-refractivity contribution in [2.24, 2.45) is 5.92 Å². The van der Waals surface area contributed by atoms with Gasteiger partial charge in [-0.15, -0.1) is 0 Å². The van der Waals surface area contributed by atoms with Gasteiger partial charge in [0.2, 0.25) is 0 Å². The zero-order valence-electron chi connectivity index (χ0n) is 14.8. The second-order valence-electron chi connectivity index (χ2n) is 7.99. The Morgan fingerprint density at radius 3 is 2.62 bits per heavy atom. The lowest BCUT2D eigenvalue weighted by Gasteiger charge is -2.45. The first-order chi connectivity index (χ1) is 11.9. The van der Waals surface area contributed by atoms with E-state index in [0.29, 0.717) is 12.1 Å². The highest BCUT2D eigenvalue weighted by atomic mass is 16.5. The molecule has 0 aromatic heterocycles. The molecule has 1 aromatic carbocycles. The van der Waals surface area contributed by atoms with Gasteiger partial charge in [-0.1, -0.05) is 74.1 Å². The molecule has 2 heteroatoms. The van der Waals surface area contributed by atoms with Crippen LogP contribution in [0.2, 0.25) is 0 Å². The summed E-state index contributed by atoms with van der Waals surface area (Å²) in [5.41, 5.74) is 3.14. The zero-order valence-corrected chi connectivity index (χ0v) is 14.8. The molecule has 1 saturated carbocycles. The van der Waals surface area contributed by atoms with Crippen LogP contribution in [-0.2, 0) is 11.3 Å². The summed E-state index contributed by atoms with van der Waals surface area (Å²) in [6.07, 6.45) is 13.9. The Balaban J connectivity index is 1.38. The Bertz CT molecular complexity index is 546. The second kappa shape index (κ2) is 7.84. The smallest absolute Gasteiger partial charge is 0.0658 e. The first kappa shape index (κ1) is 16.4. The van der Waals surface area contributed by atoms with Crippen LogP contribution in [0.25, 0.3) is 0 Å². The summed E-state index contributed by atoms with van der Waals surface area (Å²) in [7, 11) is 0. The first-order valence-corrected chi connectivity index (χ1v) is 9.95. The number of benzene rings is 1. The highest BCUT2D eigenvalue weighted by molar-refractivity contribution is 5.20. The minimum absolute atomic E-state index is 0.485. The Hall–Kier alpha value is -1.12. The highest BCUT2D eigenvalue weighted by Crippen LogP contribution is 2.34. The molecule has 1 saturated heterocycles. The number of ether oxygens (including phenoxy) is 1. The largest absolute Gasteiger partial charge is 0.378 e. The van der Waals surface area contributed by atoms with E-state index in [1.165, 1.54) is 56.9 Å². The lowest BCUT2D eigenvalue weighted by molar-refractivity contribution is -0.0443. The fourth-order valence-corrected chi connectivity index (χ4v) is 4.84. The standard InChI is InChI=1S/C22H31NO/c1-3-7-18(8-4-1)11-12-20-13-21-16-24-17-22(14-20)23(21)15-19-9-5-2-6-10-19/h2,5-6,9-10,13,18,21-22H,1,3-4,7-8,11-12,14-17H2. The summed E-state index contributed by atoms with van der Waals surface area (Å²) < 4.78 is 5.86. The Morgan fingerprint density at radius 2 is 1.83 bits per heavy atom. The van der Waals surface area contributed by atoms with Crippen molar-refractivity contribution in [1.29, 1.82) is 0 Å². The predicted molar refractivity (Wildman–Crippen MR) is 98.9 cm³/mol. The molecule has 0 radical (unpaired) electrons. The molecule has 1 aliphatic carbocycles. The predicted octanol–water partition coefficient (Wildman–Crippen LogP) is 4.95. The number of rotatable bonds is 5. The van der Waals surface area contributed by atoms with E-state index in [9.17, 15) is 0 Å². The molecule has 0 amide bonds. The molecule has 4 rings (SSSR count). The molecule has 0 spiro atoms. The Morgan fingerprint density at radius 1 is 1.00 bits per heavy atom. The topological polar surface area (TPSA) is 12.5 Å². The van der Waals surface area contributed by atoms with Crippen LogP contribution in [0.15, 0.2) is 42.0 Å². The van der Waals surface area contributed by atoms with Gasteiger partial charge in [0, 0.05) is 12.6 Å². The van der Waals surface area contributed by atoms with Crippen LogP contribution >= 0.6 is 0 Å². The fraction of sp³-hybridized carbons (Fsp3) is 0.636. The van der Waals surface area contributed by atoms with Crippen LogP contribution in [0.1, 0.15) is 56.9 Å². The SMILES string of the molecule is C1=C(CCC2CCCCC2)CC2COCC1N2Cc1ccccc1. The van der Waals surface area contributed by atoms with Crippen molar-refractivity contribution >= 4 is 0 Å². The summed E-state index contributed by atoms with van der Waals surface area (Å²) in [6.45, 7) is 2.84. The maximum Gasteiger partial charge on any atom is 0.0658 e. The average molecular weight is 325 g/mol. The monoisotopic (exact) mass is 325 g/mol. The van der Waals surface area contributed by atoms with Crippen molar-refractivity contribution in [2.75, 3.05) is 13.2 Å². The number of fused-ring (bicyclic) bond motifs is 2. The van der Waals surface area contributed by atoms with Gasteiger partial charge in [0.05, 0.1) is 19.3 Å². The van der Waals surface area contributed by atoms with Gasteiger partial charge in [-0.3, -0.25) is 4.90 Å². The van der Waals surface area contributed by atoms with E-state index >= 15 is 0 Å². The summed E-state index contributed by atoms with van der Waals surface area (Å²) in [5, 5.41) is 0. The summed E-state index contributed by atoms with van der Waals surface area (Å²) >= 11 is 0. The summed E-state index contributed by atoms with van der Waals surface area (Å²) in [6, 6.07) is 12.0. The van der Waals surface area contributed by atoms with Crippen molar-refractivity contribution in [2.45, 2.75) is 70.0 Å². The molecular weight excluding hydrogens is 294 g/mol. The molecule has 2 aliphatic heterocycles. The third-order valence-corrected chi connectivity index (χ3v) is 6.23. The quantitative estimate of drug-likeness (QED) is 0.711. The fourth-order valence-electron chi connectivity index (χ4n) is 4.84. The summed E-state index contributed by atoms with van der Waals surface area (Å²) in [5.74, 6) is 0.998. The Kier molecular flexibility index (Phi) is 5.34. The minimum Gasteiger partial charge on any atom is -0.378 e. The number of hydrogen-bond acceptors (Lipinski definition) is 2. The lowest BCUT2D eigenvalue weighted by atomic mass is 9.83. The van der Waals surface area contributed by atoms with Crippen LogP contribution < -0.4 is 0 Å². The van der Waals surface area contributed by atoms with Crippen LogP contribution in [0.5, 0.6) is 0 Å². The number of nitrogens with zero attached hydrogens (tertiary/aromatic N) is 1. The van der Waals surface area contributed by atoms with E-state index in [0.717, 1.165) is 25.7 Å². The van der Waals surface area contributed by atoms with Crippen LogP contribution in [0.4, 0.5) is 0 Å². The molecule has 2 heterocycles. The maximum atomic E-state index is 5.86. The van der Waals surface area contributed by atoms with E-state index in [2.05, 4.69) is 41.3 Å². The van der Waals surface area contributed by atoms with Crippen molar-refractivity contribution in [3.8, 4) is 0 Å². The van der Waals surface area contributed by atoms with Crippen molar-refractivity contribution in [1.82, 2.24) is 4.90 Å². The number of morpholine rings is 1. The third-order valence-electron chi connectivity index (χ3n) is 6.23. The summed E-state index contributed by atoms with van der Waals surface area (Å²) in [4.78, 5) is 2.67. The van der Waals surface area contributed by atoms with E-state index in [-0.39, 0.29) is 0 Å². The van der Waals surface area contributed by atoms with E-state index in [1.54, 1.807) is 5.57 Å². The van der Waals surface area contributed by atoms with Gasteiger partial charge in [-0.05, 0) is 30.7 Å². The van der Waals surface area contributed by atoms with E-state index in [4.69, 9.17) is 4.74 Å². The van der Waals surface area contributed by atoms with Gasteiger partial charge in [0.25, 0.3) is 0 Å². The first-order valence-electron chi connectivity index (χ1n) is 9.95. The van der Waals surface area contributed by atoms with Gasteiger partial charge < -0.3 is 4.74 Å². The van der Waals surface area contributed by atoms with Crippen molar-refractivity contribution in [3.05, 3.63) is 47.5 Å². The maximum absolute atomic E-state index is 5.86. The highest BCUT2D eigenvalue weighted by Gasteiger charge is 2.34. The molecule has 2 fully saturated rings. The normalized spacial score (nSPS) is 28.6. The van der Waals surface area contributed by atoms with E-state index < -0.39 is 0 Å². The molecule has 2 bridgehead atoms. The van der Waals surface area contributed by atoms with Gasteiger partial charge in [-0.25, -0.2) is 0 Å². The molecule has 2 atom stereocenters. The molecule has 2 unspecified atom stereocenters. The second-order valence-corrected chi connectivity index (χ2v) is 7.99. The minimum atomic E-state index is 0.485. The van der Waals surface area contributed by atoms with Crippen molar-refractivity contribution < 1.29 is 4.74 Å². The molecular formula is C22H31NO. The molecule has 24 heavy (non-hydrogen) atoms. The van der Waals surface area contributed by atoms with Crippen LogP contribution in [-0.4, -0.2) is 30.2 Å². The third kappa shape index (κ3) is 3.92. The van der Waals surface area contributed by atoms with Gasteiger partial charge in [-0.2, -0.15) is 0 Å². The Labute approximate surface area is 146 Å². The zero-order chi connectivity index (χ0) is 16.2. The molecule has 1 aromatic rings. The lowest BCUT2D eigenvalue weighted by Crippen LogP contribution is -2.53. The molecule has 2 nitrogen and oxygen atoms in total. The van der Waals surface area contributed by atoms with Crippen LogP contribution in [0.3, 0.4) is 0 Å². The van der Waals surface area contributed by atoms with E-state index in [1.807, 2.05) is 0 Å². The van der Waals surface area contributed by atoms with Crippen molar-refractivity contribution in [3.63, 3.8) is 0 Å². The average Bonchev–Trinajstić information content (AvgIpc) is 2.62. The van der Waals surface area contributed by atoms with Crippen LogP contribution in [0, 0.1) is 5.92 Å². The number of hydrogen-bond donors (Lipinski definition) is 0. The van der Waals surface area contributed by atoms with Gasteiger partial charge in [0.15, 0.2) is 0 Å². The molecule has 0 N–H and O–H groups in total.